The van der Waals surface area contributed by atoms with Crippen LogP contribution < -0.4 is 5.69 Å². The Labute approximate surface area is 191 Å². The molecule has 4 aromatic rings. The maximum atomic E-state index is 12.6. The van der Waals surface area contributed by atoms with E-state index < -0.39 is 0 Å². The molecule has 1 saturated heterocycles. The monoisotopic (exact) mass is 439 g/mol. The molecule has 2 aliphatic rings. The van der Waals surface area contributed by atoms with Gasteiger partial charge in [0.1, 0.15) is 5.82 Å². The molecular weight excluding hydrogens is 414 g/mol. The fourth-order valence-corrected chi connectivity index (χ4v) is 4.83. The molecule has 1 aliphatic heterocycles. The van der Waals surface area contributed by atoms with Crippen LogP contribution in [-0.4, -0.2) is 43.6 Å². The predicted molar refractivity (Wildman–Crippen MR) is 126 cm³/mol. The lowest BCUT2D eigenvalue weighted by Crippen LogP contribution is -2.30. The number of aromatic amines is 1. The van der Waals surface area contributed by atoms with Gasteiger partial charge in [-0.15, -0.1) is 0 Å². The third kappa shape index (κ3) is 3.84. The predicted octanol–water partition coefficient (Wildman–Crippen LogP) is 3.58. The highest BCUT2D eigenvalue weighted by molar-refractivity contribution is 5.84. The molecule has 1 amide bonds. The zero-order chi connectivity index (χ0) is 22.4. The fraction of sp³-hybridized carbons (Fsp3) is 0.308. The average Bonchev–Trinajstić information content (AvgIpc) is 3.50. The smallest absolute Gasteiger partial charge is 0.342 e. The molecule has 166 valence electrons. The van der Waals surface area contributed by atoms with Gasteiger partial charge in [-0.3, -0.25) is 9.78 Å². The zero-order valence-electron chi connectivity index (χ0n) is 18.3. The SMILES string of the molecule is O=C(C1CC1)N1CC[C@@H](Cc2n[nH]c(=O)n2-c2ccc(-c3ccc4cccnc4c3)cc2)C1. The summed E-state index contributed by atoms with van der Waals surface area (Å²) >= 11 is 0. The molecule has 2 fully saturated rings. The molecule has 0 radical (unpaired) electrons. The van der Waals surface area contributed by atoms with Gasteiger partial charge in [-0.1, -0.05) is 30.3 Å². The molecule has 1 saturated carbocycles. The summed E-state index contributed by atoms with van der Waals surface area (Å²) in [6, 6.07) is 18.2. The third-order valence-corrected chi connectivity index (χ3v) is 6.80. The Morgan fingerprint density at radius 3 is 2.67 bits per heavy atom. The summed E-state index contributed by atoms with van der Waals surface area (Å²) in [5.74, 6) is 1.60. The lowest BCUT2D eigenvalue weighted by molar-refractivity contribution is -0.131. The van der Waals surface area contributed by atoms with Crippen molar-refractivity contribution in [2.45, 2.75) is 25.7 Å². The first kappa shape index (κ1) is 19.9. The number of nitrogens with one attached hydrogen (secondary N) is 1. The number of benzene rings is 2. The van der Waals surface area contributed by atoms with E-state index in [4.69, 9.17) is 0 Å². The van der Waals surface area contributed by atoms with Crippen molar-refractivity contribution in [3.05, 3.63) is 77.1 Å². The van der Waals surface area contributed by atoms with Crippen molar-refractivity contribution in [1.29, 1.82) is 0 Å². The van der Waals surface area contributed by atoms with Gasteiger partial charge in [0.15, 0.2) is 0 Å². The molecule has 0 spiro atoms. The number of hydrogen-bond acceptors (Lipinski definition) is 4. The number of hydrogen-bond donors (Lipinski definition) is 1. The maximum Gasteiger partial charge on any atom is 0.347 e. The van der Waals surface area contributed by atoms with Gasteiger partial charge in [-0.05, 0) is 60.6 Å². The molecule has 1 aliphatic carbocycles. The van der Waals surface area contributed by atoms with Gasteiger partial charge in [0.2, 0.25) is 5.91 Å². The summed E-state index contributed by atoms with van der Waals surface area (Å²) < 4.78 is 1.65. The number of carbonyl (C=O) groups excluding carboxylic acids is 1. The molecular formula is C26H25N5O2. The molecule has 3 heterocycles. The van der Waals surface area contributed by atoms with E-state index in [0.717, 1.165) is 60.1 Å². The van der Waals surface area contributed by atoms with Crippen LogP contribution >= 0.6 is 0 Å². The number of nitrogens with zero attached hydrogens (tertiary/aromatic N) is 4. The van der Waals surface area contributed by atoms with Crippen LogP contribution in [0, 0.1) is 11.8 Å². The van der Waals surface area contributed by atoms with Gasteiger partial charge >= 0.3 is 5.69 Å². The highest BCUT2D eigenvalue weighted by atomic mass is 16.2. The van der Waals surface area contributed by atoms with E-state index in [-0.39, 0.29) is 11.6 Å². The zero-order valence-corrected chi connectivity index (χ0v) is 18.3. The van der Waals surface area contributed by atoms with E-state index >= 15 is 0 Å². The molecule has 1 N–H and O–H groups in total. The van der Waals surface area contributed by atoms with Crippen LogP contribution in [0.5, 0.6) is 0 Å². The summed E-state index contributed by atoms with van der Waals surface area (Å²) in [4.78, 5) is 31.4. The topological polar surface area (TPSA) is 83.9 Å². The van der Waals surface area contributed by atoms with Gasteiger partial charge in [0, 0.05) is 37.0 Å². The van der Waals surface area contributed by atoms with Crippen LogP contribution in [0.15, 0.2) is 65.6 Å². The molecule has 7 heteroatoms. The summed E-state index contributed by atoms with van der Waals surface area (Å²) in [5, 5.41) is 8.02. The van der Waals surface area contributed by atoms with Gasteiger partial charge in [-0.25, -0.2) is 14.5 Å². The number of fused-ring (bicyclic) bond motifs is 1. The van der Waals surface area contributed by atoms with Crippen molar-refractivity contribution in [3.8, 4) is 16.8 Å². The fourth-order valence-electron chi connectivity index (χ4n) is 4.83. The average molecular weight is 440 g/mol. The first-order valence-corrected chi connectivity index (χ1v) is 11.6. The molecule has 0 bridgehead atoms. The third-order valence-electron chi connectivity index (χ3n) is 6.80. The largest absolute Gasteiger partial charge is 0.347 e. The second kappa shape index (κ2) is 7.99. The quantitative estimate of drug-likeness (QED) is 0.515. The normalized spacial score (nSPS) is 18.2. The standard InChI is InChI=1S/C26H25N5O2/c32-25(20-4-5-20)30-13-11-17(16-30)14-24-28-29-26(33)31(24)22-9-7-18(8-10-22)21-6-3-19-2-1-12-27-23(19)15-21/h1-3,6-10,12,15,17,20H,4-5,11,13-14,16H2,(H,29,33)/t17-/m0/s1. The molecule has 6 rings (SSSR count). The van der Waals surface area contributed by atoms with Gasteiger partial charge in [-0.2, -0.15) is 5.10 Å². The van der Waals surface area contributed by atoms with Crippen molar-refractivity contribution in [3.63, 3.8) is 0 Å². The number of aromatic nitrogens is 4. The van der Waals surface area contributed by atoms with Crippen LogP contribution in [0.25, 0.3) is 27.7 Å². The van der Waals surface area contributed by atoms with Gasteiger partial charge in [0.25, 0.3) is 0 Å². The molecule has 7 nitrogen and oxygen atoms in total. The number of amides is 1. The molecule has 2 aromatic carbocycles. The Morgan fingerprint density at radius 2 is 1.85 bits per heavy atom. The van der Waals surface area contributed by atoms with Gasteiger partial charge in [0.05, 0.1) is 11.2 Å². The molecule has 1 atom stereocenters. The maximum absolute atomic E-state index is 12.6. The highest BCUT2D eigenvalue weighted by Gasteiger charge is 2.36. The van der Waals surface area contributed by atoms with Crippen molar-refractivity contribution in [2.75, 3.05) is 13.1 Å². The first-order chi connectivity index (χ1) is 16.2. The number of pyridine rings is 1. The van der Waals surface area contributed by atoms with Crippen molar-refractivity contribution in [1.82, 2.24) is 24.6 Å². The van der Waals surface area contributed by atoms with E-state index in [1.165, 1.54) is 0 Å². The summed E-state index contributed by atoms with van der Waals surface area (Å²) in [7, 11) is 0. The summed E-state index contributed by atoms with van der Waals surface area (Å²) in [6.07, 6.45) is 5.49. The molecule has 0 unspecified atom stereocenters. The van der Waals surface area contributed by atoms with E-state index in [0.29, 0.717) is 24.1 Å². The Bertz CT molecular complexity index is 1380. The first-order valence-electron chi connectivity index (χ1n) is 11.6. The van der Waals surface area contributed by atoms with Crippen LogP contribution in [-0.2, 0) is 11.2 Å². The Hall–Kier alpha value is -3.74. The van der Waals surface area contributed by atoms with Crippen LogP contribution in [0.1, 0.15) is 25.1 Å². The molecule has 2 aromatic heterocycles. The van der Waals surface area contributed by atoms with Crippen LogP contribution in [0.2, 0.25) is 0 Å². The van der Waals surface area contributed by atoms with E-state index in [2.05, 4.69) is 33.4 Å². The van der Waals surface area contributed by atoms with E-state index in [9.17, 15) is 9.59 Å². The van der Waals surface area contributed by atoms with Crippen LogP contribution in [0.4, 0.5) is 0 Å². The lowest BCUT2D eigenvalue weighted by atomic mass is 10.0. The van der Waals surface area contributed by atoms with E-state index in [1.54, 1.807) is 10.8 Å². The van der Waals surface area contributed by atoms with Crippen molar-refractivity contribution >= 4 is 16.8 Å². The Kier molecular flexibility index (Phi) is 4.82. The second-order valence-electron chi connectivity index (χ2n) is 9.16. The Morgan fingerprint density at radius 1 is 1.03 bits per heavy atom. The minimum atomic E-state index is -0.239. The minimum Gasteiger partial charge on any atom is -0.342 e. The number of H-pyrrole nitrogens is 1. The van der Waals surface area contributed by atoms with Crippen molar-refractivity contribution in [2.24, 2.45) is 11.8 Å². The van der Waals surface area contributed by atoms with Gasteiger partial charge < -0.3 is 4.90 Å². The number of rotatable bonds is 5. The molecule has 33 heavy (non-hydrogen) atoms. The Balaban J connectivity index is 1.22. The lowest BCUT2D eigenvalue weighted by Gasteiger charge is -2.16. The van der Waals surface area contributed by atoms with E-state index in [1.807, 2.05) is 41.3 Å². The van der Waals surface area contributed by atoms with Crippen molar-refractivity contribution < 1.29 is 4.79 Å². The number of likely N-dealkylation sites (tertiary alicyclic amines) is 1. The number of carbonyl (C=O) groups is 1. The van der Waals surface area contributed by atoms with Crippen LogP contribution in [0.3, 0.4) is 0 Å². The second-order valence-corrected chi connectivity index (χ2v) is 9.16. The minimum absolute atomic E-state index is 0.239. The summed E-state index contributed by atoms with van der Waals surface area (Å²) in [5.41, 5.74) is 3.65. The summed E-state index contributed by atoms with van der Waals surface area (Å²) in [6.45, 7) is 1.56. The highest BCUT2D eigenvalue weighted by Crippen LogP contribution is 2.33.